The summed E-state index contributed by atoms with van der Waals surface area (Å²) in [6.45, 7) is 1.94. The van der Waals surface area contributed by atoms with Crippen LogP contribution >= 0.6 is 0 Å². The Kier molecular flexibility index (Phi) is 4.53. The summed E-state index contributed by atoms with van der Waals surface area (Å²) in [4.78, 5) is 12.2. The average Bonchev–Trinajstić information content (AvgIpc) is 3.20. The third kappa shape index (κ3) is 4.18. The number of ether oxygens (including phenoxy) is 1. The maximum absolute atomic E-state index is 12.3. The van der Waals surface area contributed by atoms with Crippen molar-refractivity contribution in [3.63, 3.8) is 0 Å². The molecule has 1 aliphatic carbocycles. The second-order valence-corrected chi connectivity index (χ2v) is 7.02. The van der Waals surface area contributed by atoms with Crippen LogP contribution in [0.5, 0.6) is 5.75 Å². The lowest BCUT2D eigenvalue weighted by atomic mass is 10.1. The van der Waals surface area contributed by atoms with E-state index < -0.39 is 10.0 Å². The van der Waals surface area contributed by atoms with Gasteiger partial charge in [-0.15, -0.1) is 0 Å². The Morgan fingerprint density at radius 3 is 2.67 bits per heavy atom. The van der Waals surface area contributed by atoms with Crippen molar-refractivity contribution in [2.75, 3.05) is 7.11 Å². The maximum Gasteiger partial charge on any atom is 0.255 e. The van der Waals surface area contributed by atoms with Gasteiger partial charge in [-0.1, -0.05) is 12.8 Å². The van der Waals surface area contributed by atoms with Gasteiger partial charge in [0, 0.05) is 6.04 Å². The zero-order valence-corrected chi connectivity index (χ0v) is 12.9. The molecule has 1 unspecified atom stereocenters. The minimum absolute atomic E-state index is 0.0350. The van der Waals surface area contributed by atoms with E-state index in [9.17, 15) is 13.2 Å². The van der Waals surface area contributed by atoms with Crippen LogP contribution < -0.4 is 15.2 Å². The van der Waals surface area contributed by atoms with Gasteiger partial charge in [-0.3, -0.25) is 4.79 Å². The van der Waals surface area contributed by atoms with Crippen LogP contribution in [0, 0.1) is 5.92 Å². The van der Waals surface area contributed by atoms with Gasteiger partial charge in [-0.2, -0.15) is 0 Å². The number of sulfonamides is 1. The Bertz CT molecular complexity index is 638. The molecular formula is C14H20N2O4S. The molecule has 1 amide bonds. The normalized spacial score (nSPS) is 16.3. The van der Waals surface area contributed by atoms with Crippen LogP contribution in [0.25, 0.3) is 0 Å². The monoisotopic (exact) mass is 312 g/mol. The first-order valence-electron chi connectivity index (χ1n) is 6.83. The standard InChI is InChI=1S/C14H20N2O4S/c1-9(7-10-3-4-10)16-14(17)12-8-11(21(15,18)19)5-6-13(12)20-2/h5-6,8-10H,3-4,7H2,1-2H3,(H,16,17)(H2,15,18,19). The van der Waals surface area contributed by atoms with Crippen molar-refractivity contribution in [2.24, 2.45) is 11.1 Å². The molecule has 116 valence electrons. The number of nitrogens with two attached hydrogens (primary N) is 1. The molecule has 1 aromatic carbocycles. The number of methoxy groups -OCH3 is 1. The highest BCUT2D eigenvalue weighted by molar-refractivity contribution is 7.89. The van der Waals surface area contributed by atoms with Gasteiger partial charge in [0.25, 0.3) is 5.91 Å². The van der Waals surface area contributed by atoms with Gasteiger partial charge < -0.3 is 10.1 Å². The third-order valence-corrected chi connectivity index (χ3v) is 4.42. The summed E-state index contributed by atoms with van der Waals surface area (Å²) >= 11 is 0. The van der Waals surface area contributed by atoms with Crippen molar-refractivity contribution >= 4 is 15.9 Å². The molecule has 1 aromatic rings. The molecule has 0 aromatic heterocycles. The summed E-state index contributed by atoms with van der Waals surface area (Å²) in [6, 6.07) is 4.03. The summed E-state index contributed by atoms with van der Waals surface area (Å²) in [5, 5.41) is 7.96. The number of primary sulfonamides is 1. The number of carbonyl (C=O) groups excluding carboxylic acids is 1. The molecule has 1 fully saturated rings. The van der Waals surface area contributed by atoms with E-state index in [1.165, 1.54) is 38.2 Å². The van der Waals surface area contributed by atoms with Crippen LogP contribution in [0.15, 0.2) is 23.1 Å². The van der Waals surface area contributed by atoms with Gasteiger partial charge in [0.05, 0.1) is 17.6 Å². The fraction of sp³-hybridized carbons (Fsp3) is 0.500. The molecule has 0 spiro atoms. The lowest BCUT2D eigenvalue weighted by Gasteiger charge is -2.15. The lowest BCUT2D eigenvalue weighted by molar-refractivity contribution is 0.0934. The Morgan fingerprint density at radius 1 is 1.48 bits per heavy atom. The van der Waals surface area contributed by atoms with Gasteiger partial charge in [-0.25, -0.2) is 13.6 Å². The average molecular weight is 312 g/mol. The number of carbonyl (C=O) groups is 1. The SMILES string of the molecule is COc1ccc(S(N)(=O)=O)cc1C(=O)NC(C)CC1CC1. The molecule has 6 nitrogen and oxygen atoms in total. The van der Waals surface area contributed by atoms with Crippen molar-refractivity contribution in [3.05, 3.63) is 23.8 Å². The van der Waals surface area contributed by atoms with Gasteiger partial charge >= 0.3 is 0 Å². The zero-order valence-electron chi connectivity index (χ0n) is 12.1. The second-order valence-electron chi connectivity index (χ2n) is 5.46. The number of amides is 1. The fourth-order valence-electron chi connectivity index (χ4n) is 2.26. The minimum atomic E-state index is -3.86. The number of hydrogen-bond acceptors (Lipinski definition) is 4. The van der Waals surface area contributed by atoms with E-state index in [4.69, 9.17) is 9.88 Å². The van der Waals surface area contributed by atoms with Crippen molar-refractivity contribution in [1.29, 1.82) is 0 Å². The van der Waals surface area contributed by atoms with E-state index in [-0.39, 0.29) is 22.4 Å². The summed E-state index contributed by atoms with van der Waals surface area (Å²) in [6.07, 6.45) is 3.36. The molecule has 0 radical (unpaired) electrons. The molecule has 3 N–H and O–H groups in total. The van der Waals surface area contributed by atoms with Crippen LogP contribution in [0.4, 0.5) is 0 Å². The third-order valence-electron chi connectivity index (χ3n) is 3.51. The zero-order chi connectivity index (χ0) is 15.6. The fourth-order valence-corrected chi connectivity index (χ4v) is 2.80. The molecule has 1 aliphatic rings. The highest BCUT2D eigenvalue weighted by Crippen LogP contribution is 2.33. The van der Waals surface area contributed by atoms with Crippen LogP contribution in [-0.4, -0.2) is 27.5 Å². The van der Waals surface area contributed by atoms with Crippen LogP contribution in [0.1, 0.15) is 36.5 Å². The van der Waals surface area contributed by atoms with Gasteiger partial charge in [0.2, 0.25) is 10.0 Å². The lowest BCUT2D eigenvalue weighted by Crippen LogP contribution is -2.33. The minimum Gasteiger partial charge on any atom is -0.496 e. The van der Waals surface area contributed by atoms with E-state index in [0.717, 1.165) is 6.42 Å². The first-order chi connectivity index (χ1) is 9.81. The van der Waals surface area contributed by atoms with Gasteiger partial charge in [0.15, 0.2) is 0 Å². The highest BCUT2D eigenvalue weighted by atomic mass is 32.2. The number of benzene rings is 1. The number of nitrogens with one attached hydrogen (secondary N) is 1. The van der Waals surface area contributed by atoms with E-state index in [0.29, 0.717) is 11.7 Å². The van der Waals surface area contributed by atoms with Crippen molar-refractivity contribution in [1.82, 2.24) is 5.32 Å². The summed E-state index contributed by atoms with van der Waals surface area (Å²) in [5.74, 6) is 0.655. The first-order valence-corrected chi connectivity index (χ1v) is 8.37. The molecule has 0 saturated heterocycles. The van der Waals surface area contributed by atoms with E-state index in [1.807, 2.05) is 6.92 Å². The van der Waals surface area contributed by atoms with Crippen molar-refractivity contribution in [2.45, 2.75) is 37.1 Å². The molecule has 0 heterocycles. The Balaban J connectivity index is 2.20. The van der Waals surface area contributed by atoms with Gasteiger partial charge in [0.1, 0.15) is 5.75 Å². The first kappa shape index (κ1) is 15.8. The smallest absolute Gasteiger partial charge is 0.255 e. The van der Waals surface area contributed by atoms with E-state index in [2.05, 4.69) is 5.32 Å². The molecule has 1 atom stereocenters. The van der Waals surface area contributed by atoms with Crippen LogP contribution in [-0.2, 0) is 10.0 Å². The van der Waals surface area contributed by atoms with E-state index in [1.54, 1.807) is 0 Å². The predicted molar refractivity (Wildman–Crippen MR) is 78.6 cm³/mol. The molecular weight excluding hydrogens is 292 g/mol. The molecule has 0 aliphatic heterocycles. The number of rotatable bonds is 6. The maximum atomic E-state index is 12.3. The Labute approximate surface area is 124 Å². The largest absolute Gasteiger partial charge is 0.496 e. The van der Waals surface area contributed by atoms with Crippen LogP contribution in [0.2, 0.25) is 0 Å². The topological polar surface area (TPSA) is 98.5 Å². The molecule has 2 rings (SSSR count). The molecule has 7 heteroatoms. The number of hydrogen-bond donors (Lipinski definition) is 2. The predicted octanol–water partition coefficient (Wildman–Crippen LogP) is 1.26. The van der Waals surface area contributed by atoms with Crippen molar-refractivity contribution < 1.29 is 17.9 Å². The van der Waals surface area contributed by atoms with E-state index >= 15 is 0 Å². The van der Waals surface area contributed by atoms with Crippen LogP contribution in [0.3, 0.4) is 0 Å². The van der Waals surface area contributed by atoms with Crippen molar-refractivity contribution in [3.8, 4) is 5.75 Å². The Hall–Kier alpha value is -1.60. The highest BCUT2D eigenvalue weighted by Gasteiger charge is 2.25. The molecule has 0 bridgehead atoms. The summed E-state index contributed by atoms with van der Waals surface area (Å²) in [5.41, 5.74) is 0.173. The summed E-state index contributed by atoms with van der Waals surface area (Å²) < 4.78 is 27.9. The molecule has 1 saturated carbocycles. The Morgan fingerprint density at radius 2 is 2.14 bits per heavy atom. The second kappa shape index (κ2) is 6.03. The summed E-state index contributed by atoms with van der Waals surface area (Å²) in [7, 11) is -2.43. The molecule has 21 heavy (non-hydrogen) atoms. The quantitative estimate of drug-likeness (QED) is 0.826. The van der Waals surface area contributed by atoms with Gasteiger partial charge in [-0.05, 0) is 37.5 Å².